The molecule has 0 radical (unpaired) electrons. The van der Waals surface area contributed by atoms with Gasteiger partial charge in [-0.3, -0.25) is 9.59 Å². The molecule has 2 heterocycles. The summed E-state index contributed by atoms with van der Waals surface area (Å²) in [7, 11) is 0. The molecule has 0 aromatic heterocycles. The fourth-order valence-corrected chi connectivity index (χ4v) is 3.05. The number of fused-ring (bicyclic) bond motifs is 2. The average molecular weight is 384 g/mol. The molecule has 0 aliphatic carbocycles. The van der Waals surface area contributed by atoms with Crippen LogP contribution < -0.4 is 24.3 Å². The molecule has 2 aromatic rings. The summed E-state index contributed by atoms with van der Waals surface area (Å²) < 4.78 is 21.2. The Morgan fingerprint density at radius 1 is 0.929 bits per heavy atom. The number of nitrogens with one attached hydrogen (secondary N) is 1. The maximum Gasteiger partial charge on any atom is 0.251 e. The van der Waals surface area contributed by atoms with Crippen molar-refractivity contribution in [2.24, 2.45) is 0 Å². The first kappa shape index (κ1) is 18.0. The van der Waals surface area contributed by atoms with Crippen molar-refractivity contribution in [3.8, 4) is 23.0 Å². The lowest BCUT2D eigenvalue weighted by molar-refractivity contribution is -0.129. The molecule has 2 aliphatic rings. The molecule has 1 N–H and O–H groups in total. The van der Waals surface area contributed by atoms with E-state index in [9.17, 15) is 9.59 Å². The Morgan fingerprint density at radius 2 is 1.57 bits per heavy atom. The lowest BCUT2D eigenvalue weighted by Crippen LogP contribution is -2.37. The predicted octanol–water partition coefficient (Wildman–Crippen LogP) is 1.92. The van der Waals surface area contributed by atoms with Gasteiger partial charge in [-0.1, -0.05) is 6.07 Å². The fraction of sp³-hybridized carbons (Fsp3) is 0.300. The summed E-state index contributed by atoms with van der Waals surface area (Å²) in [5.74, 6) is 2.26. The van der Waals surface area contributed by atoms with E-state index in [0.29, 0.717) is 48.2 Å². The Bertz CT molecular complexity index is 914. The Hall–Kier alpha value is -3.42. The maximum absolute atomic E-state index is 12.3. The minimum absolute atomic E-state index is 0.0741. The van der Waals surface area contributed by atoms with Gasteiger partial charge in [0, 0.05) is 32.1 Å². The molecule has 2 aromatic carbocycles. The summed E-state index contributed by atoms with van der Waals surface area (Å²) in [6.07, 6.45) is 0. The number of hydrogen-bond donors (Lipinski definition) is 1. The maximum atomic E-state index is 12.3. The zero-order chi connectivity index (χ0) is 19.5. The van der Waals surface area contributed by atoms with E-state index < -0.39 is 0 Å². The molecule has 0 bridgehead atoms. The van der Waals surface area contributed by atoms with Gasteiger partial charge in [0.2, 0.25) is 19.5 Å². The summed E-state index contributed by atoms with van der Waals surface area (Å²) in [6, 6.07) is 10.6. The standard InChI is InChI=1S/C20H20N2O6/c1-13(23)22(10-14-2-4-16-18(8-14)27-11-25-16)7-6-21-20(24)15-3-5-17-19(9-15)28-12-26-17/h2-5,8-9H,6-7,10-12H2,1H3,(H,21,24). The minimum Gasteiger partial charge on any atom is -0.454 e. The van der Waals surface area contributed by atoms with Crippen LogP contribution in [0.5, 0.6) is 23.0 Å². The van der Waals surface area contributed by atoms with Crippen LogP contribution in [0.15, 0.2) is 36.4 Å². The van der Waals surface area contributed by atoms with Gasteiger partial charge in [0.15, 0.2) is 23.0 Å². The highest BCUT2D eigenvalue weighted by molar-refractivity contribution is 5.94. The van der Waals surface area contributed by atoms with Crippen LogP contribution in [0.4, 0.5) is 0 Å². The van der Waals surface area contributed by atoms with E-state index in [1.54, 1.807) is 23.1 Å². The van der Waals surface area contributed by atoms with E-state index in [4.69, 9.17) is 18.9 Å². The summed E-state index contributed by atoms with van der Waals surface area (Å²) in [6.45, 7) is 3.02. The third kappa shape index (κ3) is 3.80. The van der Waals surface area contributed by atoms with Crippen molar-refractivity contribution in [1.82, 2.24) is 10.2 Å². The average Bonchev–Trinajstić information content (AvgIpc) is 3.34. The highest BCUT2D eigenvalue weighted by Gasteiger charge is 2.18. The molecular weight excluding hydrogens is 364 g/mol. The van der Waals surface area contributed by atoms with E-state index >= 15 is 0 Å². The first-order valence-electron chi connectivity index (χ1n) is 8.92. The predicted molar refractivity (Wildman–Crippen MR) is 98.6 cm³/mol. The molecular formula is C20H20N2O6. The second kappa shape index (κ2) is 7.67. The van der Waals surface area contributed by atoms with Crippen LogP contribution in [0.1, 0.15) is 22.8 Å². The SMILES string of the molecule is CC(=O)N(CCNC(=O)c1ccc2c(c1)OCO2)Cc1ccc2c(c1)OCO2. The second-order valence-electron chi connectivity index (χ2n) is 6.45. The second-order valence-corrected chi connectivity index (χ2v) is 6.45. The summed E-state index contributed by atoms with van der Waals surface area (Å²) in [4.78, 5) is 26.0. The number of benzene rings is 2. The first-order chi connectivity index (χ1) is 13.6. The normalized spacial score (nSPS) is 13.3. The quantitative estimate of drug-likeness (QED) is 0.819. The number of rotatable bonds is 6. The molecule has 0 saturated carbocycles. The largest absolute Gasteiger partial charge is 0.454 e. The van der Waals surface area contributed by atoms with E-state index in [2.05, 4.69) is 5.32 Å². The van der Waals surface area contributed by atoms with Gasteiger partial charge >= 0.3 is 0 Å². The Balaban J connectivity index is 1.32. The van der Waals surface area contributed by atoms with Crippen molar-refractivity contribution in [3.05, 3.63) is 47.5 Å². The lowest BCUT2D eigenvalue weighted by Gasteiger charge is -2.21. The van der Waals surface area contributed by atoms with Crippen LogP contribution >= 0.6 is 0 Å². The van der Waals surface area contributed by atoms with Crippen LogP contribution in [0.3, 0.4) is 0 Å². The van der Waals surface area contributed by atoms with Crippen molar-refractivity contribution in [1.29, 1.82) is 0 Å². The molecule has 0 fully saturated rings. The van der Waals surface area contributed by atoms with Crippen LogP contribution in [0, 0.1) is 0 Å². The van der Waals surface area contributed by atoms with Crippen molar-refractivity contribution < 1.29 is 28.5 Å². The number of carbonyl (C=O) groups is 2. The topological polar surface area (TPSA) is 86.3 Å². The molecule has 2 aliphatic heterocycles. The van der Waals surface area contributed by atoms with Gasteiger partial charge in [0.1, 0.15) is 0 Å². The first-order valence-corrected chi connectivity index (χ1v) is 8.92. The highest BCUT2D eigenvalue weighted by Crippen LogP contribution is 2.33. The summed E-state index contributed by atoms with van der Waals surface area (Å²) in [5.41, 5.74) is 1.41. The van der Waals surface area contributed by atoms with Crippen molar-refractivity contribution in [3.63, 3.8) is 0 Å². The molecule has 0 spiro atoms. The molecule has 8 heteroatoms. The van der Waals surface area contributed by atoms with Gasteiger partial charge in [0.05, 0.1) is 0 Å². The smallest absolute Gasteiger partial charge is 0.251 e. The van der Waals surface area contributed by atoms with Crippen molar-refractivity contribution in [2.45, 2.75) is 13.5 Å². The lowest BCUT2D eigenvalue weighted by atomic mass is 10.2. The van der Waals surface area contributed by atoms with E-state index in [1.807, 2.05) is 18.2 Å². The van der Waals surface area contributed by atoms with Gasteiger partial charge in [-0.25, -0.2) is 0 Å². The monoisotopic (exact) mass is 384 g/mol. The number of hydrogen-bond acceptors (Lipinski definition) is 6. The molecule has 4 rings (SSSR count). The van der Waals surface area contributed by atoms with E-state index in [0.717, 1.165) is 5.56 Å². The van der Waals surface area contributed by atoms with Gasteiger partial charge in [-0.05, 0) is 35.9 Å². The zero-order valence-corrected chi connectivity index (χ0v) is 15.4. The minimum atomic E-state index is -0.232. The third-order valence-corrected chi connectivity index (χ3v) is 4.56. The molecule has 2 amide bonds. The van der Waals surface area contributed by atoms with Crippen LogP contribution in [-0.4, -0.2) is 43.4 Å². The Morgan fingerprint density at radius 3 is 2.29 bits per heavy atom. The molecule has 0 saturated heterocycles. The number of carbonyl (C=O) groups excluding carboxylic acids is 2. The molecule has 0 unspecified atom stereocenters. The molecule has 0 atom stereocenters. The van der Waals surface area contributed by atoms with Gasteiger partial charge in [-0.15, -0.1) is 0 Å². The highest BCUT2D eigenvalue weighted by atomic mass is 16.7. The number of amides is 2. The molecule has 8 nitrogen and oxygen atoms in total. The third-order valence-electron chi connectivity index (χ3n) is 4.56. The van der Waals surface area contributed by atoms with E-state index in [1.165, 1.54) is 6.92 Å². The molecule has 146 valence electrons. The number of ether oxygens (including phenoxy) is 4. The van der Waals surface area contributed by atoms with Gasteiger partial charge in [0.25, 0.3) is 5.91 Å². The summed E-state index contributed by atoms with van der Waals surface area (Å²) in [5, 5.41) is 2.83. The van der Waals surface area contributed by atoms with Crippen LogP contribution in [0.25, 0.3) is 0 Å². The summed E-state index contributed by atoms with van der Waals surface area (Å²) >= 11 is 0. The number of nitrogens with zero attached hydrogens (tertiary/aromatic N) is 1. The Kier molecular flexibility index (Phi) is 4.92. The molecule has 28 heavy (non-hydrogen) atoms. The zero-order valence-electron chi connectivity index (χ0n) is 15.4. The van der Waals surface area contributed by atoms with Gasteiger partial charge < -0.3 is 29.2 Å². The van der Waals surface area contributed by atoms with E-state index in [-0.39, 0.29) is 25.4 Å². The van der Waals surface area contributed by atoms with Crippen LogP contribution in [0.2, 0.25) is 0 Å². The van der Waals surface area contributed by atoms with Crippen molar-refractivity contribution >= 4 is 11.8 Å². The fourth-order valence-electron chi connectivity index (χ4n) is 3.05. The Labute approximate surface area is 161 Å². The van der Waals surface area contributed by atoms with Crippen LogP contribution in [-0.2, 0) is 11.3 Å². The van der Waals surface area contributed by atoms with Crippen molar-refractivity contribution in [2.75, 3.05) is 26.7 Å². The van der Waals surface area contributed by atoms with Gasteiger partial charge in [-0.2, -0.15) is 0 Å².